The minimum Gasteiger partial charge on any atom is -0.481 e. The number of urea groups is 1. The van der Waals surface area contributed by atoms with Crippen molar-refractivity contribution in [1.29, 1.82) is 0 Å². The quantitative estimate of drug-likeness (QED) is 0.796. The number of carboxylic acid groups (broad SMARTS) is 1. The number of carboxylic acids is 1. The molecule has 2 heterocycles. The first-order valence-electron chi connectivity index (χ1n) is 6.95. The number of amides is 2. The molecule has 0 aromatic rings. The fourth-order valence-electron chi connectivity index (χ4n) is 2.78. The third-order valence-electron chi connectivity index (χ3n) is 3.98. The first-order valence-corrected chi connectivity index (χ1v) is 6.95. The molecule has 2 N–H and O–H groups in total. The molecule has 3 atom stereocenters. The second kappa shape index (κ2) is 6.23. The van der Waals surface area contributed by atoms with Gasteiger partial charge in [0.15, 0.2) is 0 Å². The highest BCUT2D eigenvalue weighted by Crippen LogP contribution is 2.23. The molecular formula is C13H22N2O4. The van der Waals surface area contributed by atoms with Crippen molar-refractivity contribution in [3.63, 3.8) is 0 Å². The number of nitrogens with one attached hydrogen (secondary N) is 1. The molecule has 0 aromatic carbocycles. The average Bonchev–Trinajstić information content (AvgIpc) is 2.98. The Labute approximate surface area is 113 Å². The molecule has 0 radical (unpaired) electrons. The number of carbonyl (C=O) groups excluding carboxylic acids is 1. The topological polar surface area (TPSA) is 78.9 Å². The molecule has 0 aromatic heterocycles. The van der Waals surface area contributed by atoms with Gasteiger partial charge in [0.25, 0.3) is 0 Å². The summed E-state index contributed by atoms with van der Waals surface area (Å²) >= 11 is 0. The molecule has 0 bridgehead atoms. The average molecular weight is 270 g/mol. The van der Waals surface area contributed by atoms with Crippen LogP contribution in [-0.2, 0) is 9.53 Å². The number of aliphatic carboxylic acids is 1. The zero-order valence-electron chi connectivity index (χ0n) is 11.3. The number of nitrogens with zero attached hydrogens (tertiary/aromatic N) is 1. The molecule has 0 saturated carbocycles. The van der Waals surface area contributed by atoms with Crippen LogP contribution in [0.25, 0.3) is 0 Å². The highest BCUT2D eigenvalue weighted by molar-refractivity contribution is 5.77. The van der Waals surface area contributed by atoms with Crippen molar-refractivity contribution in [2.45, 2.75) is 32.3 Å². The van der Waals surface area contributed by atoms with Crippen molar-refractivity contribution in [2.24, 2.45) is 11.8 Å². The minimum atomic E-state index is -0.817. The van der Waals surface area contributed by atoms with E-state index < -0.39 is 11.9 Å². The van der Waals surface area contributed by atoms with Crippen molar-refractivity contribution >= 4 is 12.0 Å². The van der Waals surface area contributed by atoms with Crippen LogP contribution in [0.2, 0.25) is 0 Å². The zero-order valence-corrected chi connectivity index (χ0v) is 11.3. The fraction of sp³-hybridized carbons (Fsp3) is 0.846. The molecule has 2 aliphatic heterocycles. The van der Waals surface area contributed by atoms with Crippen LogP contribution in [0.4, 0.5) is 4.79 Å². The predicted octanol–water partition coefficient (Wildman–Crippen LogP) is 0.918. The SMILES string of the molecule is CC1CN(C(=O)NCCC2CCCO2)CC1C(=O)O. The van der Waals surface area contributed by atoms with Gasteiger partial charge in [0.05, 0.1) is 12.0 Å². The summed E-state index contributed by atoms with van der Waals surface area (Å²) in [6.45, 7) is 4.11. The van der Waals surface area contributed by atoms with E-state index in [1.807, 2.05) is 6.92 Å². The Morgan fingerprint density at radius 3 is 2.79 bits per heavy atom. The Balaban J connectivity index is 1.70. The van der Waals surface area contributed by atoms with E-state index in [4.69, 9.17) is 9.84 Å². The number of hydrogen-bond acceptors (Lipinski definition) is 3. The lowest BCUT2D eigenvalue weighted by Gasteiger charge is -2.17. The third kappa shape index (κ3) is 3.59. The number of likely N-dealkylation sites (tertiary alicyclic amines) is 1. The summed E-state index contributed by atoms with van der Waals surface area (Å²) in [6, 6.07) is -0.159. The number of rotatable bonds is 4. The molecule has 2 fully saturated rings. The summed E-state index contributed by atoms with van der Waals surface area (Å²) in [4.78, 5) is 24.5. The van der Waals surface area contributed by atoms with E-state index in [0.29, 0.717) is 19.6 Å². The van der Waals surface area contributed by atoms with Crippen LogP contribution in [0.5, 0.6) is 0 Å². The summed E-state index contributed by atoms with van der Waals surface area (Å²) in [5, 5.41) is 11.9. The highest BCUT2D eigenvalue weighted by atomic mass is 16.5. The maximum atomic E-state index is 11.9. The molecule has 6 heteroatoms. The van der Waals surface area contributed by atoms with Gasteiger partial charge in [0.1, 0.15) is 0 Å². The molecule has 2 rings (SSSR count). The van der Waals surface area contributed by atoms with E-state index in [-0.39, 0.29) is 18.1 Å². The molecule has 2 saturated heterocycles. The summed E-state index contributed by atoms with van der Waals surface area (Å²) in [5.74, 6) is -1.24. The van der Waals surface area contributed by atoms with Gasteiger partial charge in [0.2, 0.25) is 0 Å². The molecule has 2 aliphatic rings. The first-order chi connectivity index (χ1) is 9.08. The van der Waals surface area contributed by atoms with Crippen molar-refractivity contribution < 1.29 is 19.4 Å². The summed E-state index contributed by atoms with van der Waals surface area (Å²) in [6.07, 6.45) is 3.27. The molecule has 0 spiro atoms. The van der Waals surface area contributed by atoms with E-state index in [1.54, 1.807) is 4.90 Å². The van der Waals surface area contributed by atoms with Gasteiger partial charge in [-0.3, -0.25) is 4.79 Å². The molecule has 2 amide bonds. The second-order valence-electron chi connectivity index (χ2n) is 5.48. The van der Waals surface area contributed by atoms with Crippen molar-refractivity contribution in [1.82, 2.24) is 10.2 Å². The Kier molecular flexibility index (Phi) is 4.63. The first kappa shape index (κ1) is 14.1. The van der Waals surface area contributed by atoms with Crippen LogP contribution < -0.4 is 5.32 Å². The molecular weight excluding hydrogens is 248 g/mol. The van der Waals surface area contributed by atoms with Crippen LogP contribution in [-0.4, -0.2) is 54.4 Å². The molecule has 108 valence electrons. The maximum absolute atomic E-state index is 11.9. The smallest absolute Gasteiger partial charge is 0.317 e. The van der Waals surface area contributed by atoms with Gasteiger partial charge in [-0.1, -0.05) is 6.92 Å². The van der Waals surface area contributed by atoms with E-state index in [2.05, 4.69) is 5.32 Å². The Morgan fingerprint density at radius 2 is 2.21 bits per heavy atom. The lowest BCUT2D eigenvalue weighted by molar-refractivity contribution is -0.142. The van der Waals surface area contributed by atoms with E-state index in [0.717, 1.165) is 25.9 Å². The van der Waals surface area contributed by atoms with E-state index in [1.165, 1.54) is 0 Å². The van der Waals surface area contributed by atoms with E-state index in [9.17, 15) is 9.59 Å². The van der Waals surface area contributed by atoms with E-state index >= 15 is 0 Å². The lowest BCUT2D eigenvalue weighted by Crippen LogP contribution is -2.40. The van der Waals surface area contributed by atoms with Gasteiger partial charge in [-0.05, 0) is 25.2 Å². The number of hydrogen-bond donors (Lipinski definition) is 2. The van der Waals surface area contributed by atoms with Crippen molar-refractivity contribution in [3.05, 3.63) is 0 Å². The van der Waals surface area contributed by atoms with Crippen LogP contribution in [0.1, 0.15) is 26.2 Å². The van der Waals surface area contributed by atoms with Gasteiger partial charge in [-0.15, -0.1) is 0 Å². The second-order valence-corrected chi connectivity index (χ2v) is 5.48. The third-order valence-corrected chi connectivity index (χ3v) is 3.98. The van der Waals surface area contributed by atoms with Crippen LogP contribution in [0, 0.1) is 11.8 Å². The zero-order chi connectivity index (χ0) is 13.8. The highest BCUT2D eigenvalue weighted by Gasteiger charge is 2.36. The van der Waals surface area contributed by atoms with Gasteiger partial charge in [-0.2, -0.15) is 0 Å². The Hall–Kier alpha value is -1.30. The van der Waals surface area contributed by atoms with Crippen LogP contribution >= 0.6 is 0 Å². The molecule has 19 heavy (non-hydrogen) atoms. The Morgan fingerprint density at radius 1 is 1.42 bits per heavy atom. The van der Waals surface area contributed by atoms with Crippen molar-refractivity contribution in [2.75, 3.05) is 26.2 Å². The standard InChI is InChI=1S/C13H22N2O4/c1-9-7-15(8-11(9)12(16)17)13(18)14-5-4-10-3-2-6-19-10/h9-11H,2-8H2,1H3,(H,14,18)(H,16,17). The Bertz CT molecular complexity index is 342. The van der Waals surface area contributed by atoms with Gasteiger partial charge in [0, 0.05) is 26.2 Å². The maximum Gasteiger partial charge on any atom is 0.317 e. The fourth-order valence-corrected chi connectivity index (χ4v) is 2.78. The van der Waals surface area contributed by atoms with Gasteiger partial charge in [-0.25, -0.2) is 4.79 Å². The lowest BCUT2D eigenvalue weighted by atomic mass is 9.99. The van der Waals surface area contributed by atoms with Crippen LogP contribution in [0.15, 0.2) is 0 Å². The molecule has 0 aliphatic carbocycles. The van der Waals surface area contributed by atoms with Gasteiger partial charge < -0.3 is 20.1 Å². The molecule has 3 unspecified atom stereocenters. The monoisotopic (exact) mass is 270 g/mol. The largest absolute Gasteiger partial charge is 0.481 e. The van der Waals surface area contributed by atoms with Crippen LogP contribution in [0.3, 0.4) is 0 Å². The summed E-state index contributed by atoms with van der Waals surface area (Å²) in [5.41, 5.74) is 0. The molecule has 6 nitrogen and oxygen atoms in total. The van der Waals surface area contributed by atoms with Gasteiger partial charge >= 0.3 is 12.0 Å². The van der Waals surface area contributed by atoms with Crippen molar-refractivity contribution in [3.8, 4) is 0 Å². The normalized spacial score (nSPS) is 30.6. The summed E-state index contributed by atoms with van der Waals surface area (Å²) < 4.78 is 5.48. The number of ether oxygens (including phenoxy) is 1. The number of carbonyl (C=O) groups is 2. The predicted molar refractivity (Wildman–Crippen MR) is 68.9 cm³/mol. The summed E-state index contributed by atoms with van der Waals surface area (Å²) in [7, 11) is 0. The minimum absolute atomic E-state index is 0.0152.